The molecule has 0 aliphatic carbocycles. The molecule has 0 bridgehead atoms. The Balaban J connectivity index is 2.05. The zero-order valence-corrected chi connectivity index (χ0v) is 9.54. The van der Waals surface area contributed by atoms with Crippen LogP contribution in [0, 0.1) is 0 Å². The number of hydrogen-bond donors (Lipinski definition) is 3. The molecule has 3 heterocycles. The summed E-state index contributed by atoms with van der Waals surface area (Å²) in [5.74, 6) is 0.0472. The normalized spacial score (nSPS) is 23.8. The van der Waals surface area contributed by atoms with E-state index in [1.54, 1.807) is 4.57 Å². The molecular weight excluding hydrogens is 238 g/mol. The Morgan fingerprint density at radius 2 is 2.44 bits per heavy atom. The molecule has 0 aromatic carbocycles. The van der Waals surface area contributed by atoms with Gasteiger partial charge < -0.3 is 15.6 Å². The number of imidazole rings is 1. The van der Waals surface area contributed by atoms with E-state index in [-0.39, 0.29) is 36.0 Å². The minimum Gasteiger partial charge on any atom is -0.394 e. The van der Waals surface area contributed by atoms with Gasteiger partial charge in [-0.15, -0.1) is 0 Å². The number of aliphatic hydroxyl groups excluding tert-OH is 1. The minimum atomic E-state index is -0.368. The molecule has 1 unspecified atom stereocenters. The molecule has 96 valence electrons. The van der Waals surface area contributed by atoms with Gasteiger partial charge >= 0.3 is 0 Å². The van der Waals surface area contributed by atoms with E-state index in [1.807, 2.05) is 0 Å². The van der Waals surface area contributed by atoms with Gasteiger partial charge in [-0.05, 0) is 12.8 Å². The molecule has 8 heteroatoms. The van der Waals surface area contributed by atoms with Crippen LogP contribution in [0.15, 0.2) is 11.1 Å². The van der Waals surface area contributed by atoms with Gasteiger partial charge in [0.2, 0.25) is 5.95 Å². The Kier molecular flexibility index (Phi) is 2.53. The molecule has 2 aromatic rings. The number of ether oxygens (including phenoxy) is 1. The first-order valence-corrected chi connectivity index (χ1v) is 5.67. The Morgan fingerprint density at radius 3 is 3.17 bits per heavy atom. The van der Waals surface area contributed by atoms with Crippen molar-refractivity contribution in [3.63, 3.8) is 0 Å². The number of anilines is 1. The number of hydrogen-bond acceptors (Lipinski definition) is 6. The Morgan fingerprint density at radius 1 is 1.61 bits per heavy atom. The number of rotatable bonds is 2. The van der Waals surface area contributed by atoms with Crippen LogP contribution in [0.4, 0.5) is 5.95 Å². The number of nitrogens with two attached hydrogens (primary N) is 1. The van der Waals surface area contributed by atoms with Crippen LogP contribution in [0.25, 0.3) is 11.2 Å². The van der Waals surface area contributed by atoms with Crippen LogP contribution in [-0.4, -0.2) is 37.3 Å². The first-order chi connectivity index (χ1) is 8.69. The van der Waals surface area contributed by atoms with Gasteiger partial charge in [-0.3, -0.25) is 14.3 Å². The average Bonchev–Trinajstić information content (AvgIpc) is 2.93. The summed E-state index contributed by atoms with van der Waals surface area (Å²) in [7, 11) is 0. The van der Waals surface area contributed by atoms with E-state index in [0.29, 0.717) is 5.65 Å². The molecule has 0 saturated carbocycles. The van der Waals surface area contributed by atoms with Crippen molar-refractivity contribution in [2.24, 2.45) is 0 Å². The third kappa shape index (κ3) is 1.66. The number of nitrogen functional groups attached to an aromatic ring is 1. The molecule has 3 rings (SSSR count). The van der Waals surface area contributed by atoms with E-state index in [4.69, 9.17) is 15.6 Å². The molecule has 18 heavy (non-hydrogen) atoms. The summed E-state index contributed by atoms with van der Waals surface area (Å²) >= 11 is 0. The fourth-order valence-corrected chi connectivity index (χ4v) is 2.18. The molecule has 1 fully saturated rings. The van der Waals surface area contributed by atoms with Crippen LogP contribution < -0.4 is 11.3 Å². The van der Waals surface area contributed by atoms with Crippen LogP contribution in [0.5, 0.6) is 0 Å². The summed E-state index contributed by atoms with van der Waals surface area (Å²) < 4.78 is 7.30. The largest absolute Gasteiger partial charge is 0.394 e. The number of nitrogens with one attached hydrogen (secondary N) is 1. The highest BCUT2D eigenvalue weighted by atomic mass is 16.5. The van der Waals surface area contributed by atoms with Crippen molar-refractivity contribution in [2.45, 2.75) is 25.2 Å². The first kappa shape index (κ1) is 11.2. The predicted octanol–water partition coefficient (Wildman–Crippen LogP) is -0.628. The Hall–Kier alpha value is -1.93. The molecule has 1 aliphatic heterocycles. The van der Waals surface area contributed by atoms with Crippen molar-refractivity contribution in [1.29, 1.82) is 0 Å². The fraction of sp³-hybridized carbons (Fsp3) is 0.500. The lowest BCUT2D eigenvalue weighted by molar-refractivity contribution is -0.0207. The van der Waals surface area contributed by atoms with E-state index in [1.165, 1.54) is 6.33 Å². The molecule has 2 atom stereocenters. The molecular formula is C10H13N5O3. The van der Waals surface area contributed by atoms with E-state index in [9.17, 15) is 4.79 Å². The highest BCUT2D eigenvalue weighted by Gasteiger charge is 2.27. The van der Waals surface area contributed by atoms with Crippen LogP contribution in [-0.2, 0) is 4.74 Å². The second kappa shape index (κ2) is 4.07. The van der Waals surface area contributed by atoms with Crippen molar-refractivity contribution >= 4 is 17.1 Å². The standard InChI is InChI=1S/C10H13N5O3/c11-10-13-8-7(9(17)14-10)12-4-15(8)6-2-1-5(3-16)18-6/h4-6,16H,1-3H2,(H3,11,13,14,17)/t5-,6?/m1/s1. The number of nitrogens with zero attached hydrogens (tertiary/aromatic N) is 3. The lowest BCUT2D eigenvalue weighted by atomic mass is 10.2. The van der Waals surface area contributed by atoms with Gasteiger partial charge in [-0.25, -0.2) is 4.98 Å². The van der Waals surface area contributed by atoms with Crippen molar-refractivity contribution in [3.05, 3.63) is 16.7 Å². The zero-order chi connectivity index (χ0) is 12.7. The molecule has 2 aromatic heterocycles. The van der Waals surface area contributed by atoms with E-state index in [2.05, 4.69) is 15.0 Å². The quantitative estimate of drug-likeness (QED) is 0.654. The van der Waals surface area contributed by atoms with E-state index >= 15 is 0 Å². The van der Waals surface area contributed by atoms with Gasteiger partial charge in [0.15, 0.2) is 11.2 Å². The number of aliphatic hydroxyl groups is 1. The van der Waals surface area contributed by atoms with Crippen LogP contribution in [0.1, 0.15) is 19.1 Å². The van der Waals surface area contributed by atoms with Crippen molar-refractivity contribution in [1.82, 2.24) is 19.5 Å². The summed E-state index contributed by atoms with van der Waals surface area (Å²) in [4.78, 5) is 22.1. The van der Waals surface area contributed by atoms with Gasteiger partial charge in [0.05, 0.1) is 19.0 Å². The van der Waals surface area contributed by atoms with Crippen LogP contribution in [0.3, 0.4) is 0 Å². The lowest BCUT2D eigenvalue weighted by Crippen LogP contribution is -2.16. The molecule has 0 amide bonds. The first-order valence-electron chi connectivity index (χ1n) is 5.67. The smallest absolute Gasteiger partial charge is 0.280 e. The molecule has 8 nitrogen and oxygen atoms in total. The third-order valence-corrected chi connectivity index (χ3v) is 3.05. The molecule has 0 radical (unpaired) electrons. The maximum Gasteiger partial charge on any atom is 0.280 e. The highest BCUT2D eigenvalue weighted by Crippen LogP contribution is 2.29. The van der Waals surface area contributed by atoms with Gasteiger partial charge in [0.1, 0.15) is 6.23 Å². The lowest BCUT2D eigenvalue weighted by Gasteiger charge is -2.13. The van der Waals surface area contributed by atoms with Gasteiger partial charge in [-0.2, -0.15) is 4.98 Å². The molecule has 1 saturated heterocycles. The maximum absolute atomic E-state index is 11.6. The average molecular weight is 251 g/mol. The van der Waals surface area contributed by atoms with Crippen LogP contribution in [0.2, 0.25) is 0 Å². The third-order valence-electron chi connectivity index (χ3n) is 3.05. The number of fused-ring (bicyclic) bond motifs is 1. The van der Waals surface area contributed by atoms with E-state index in [0.717, 1.165) is 12.8 Å². The molecule has 1 aliphatic rings. The predicted molar refractivity (Wildman–Crippen MR) is 62.8 cm³/mol. The number of H-pyrrole nitrogens is 1. The fourth-order valence-electron chi connectivity index (χ4n) is 2.18. The topological polar surface area (TPSA) is 119 Å². The van der Waals surface area contributed by atoms with Gasteiger partial charge in [0.25, 0.3) is 5.56 Å². The minimum absolute atomic E-state index is 0.0146. The van der Waals surface area contributed by atoms with Gasteiger partial charge in [0, 0.05) is 0 Å². The summed E-state index contributed by atoms with van der Waals surface area (Å²) in [6, 6.07) is 0. The summed E-state index contributed by atoms with van der Waals surface area (Å²) in [6.45, 7) is -0.0146. The van der Waals surface area contributed by atoms with Gasteiger partial charge in [-0.1, -0.05) is 0 Å². The highest BCUT2D eigenvalue weighted by molar-refractivity contribution is 5.70. The second-order valence-corrected chi connectivity index (χ2v) is 4.25. The summed E-state index contributed by atoms with van der Waals surface area (Å²) in [6.07, 6.45) is 2.58. The van der Waals surface area contributed by atoms with Crippen molar-refractivity contribution < 1.29 is 9.84 Å². The summed E-state index contributed by atoms with van der Waals surface area (Å²) in [5, 5.41) is 9.04. The molecule has 0 spiro atoms. The van der Waals surface area contributed by atoms with E-state index < -0.39 is 0 Å². The zero-order valence-electron chi connectivity index (χ0n) is 9.54. The monoisotopic (exact) mass is 251 g/mol. The van der Waals surface area contributed by atoms with Crippen molar-refractivity contribution in [3.8, 4) is 0 Å². The molecule has 4 N–H and O–H groups in total. The maximum atomic E-state index is 11.6. The summed E-state index contributed by atoms with van der Waals surface area (Å²) in [5.41, 5.74) is 5.79. The number of aromatic nitrogens is 4. The van der Waals surface area contributed by atoms with Crippen LogP contribution >= 0.6 is 0 Å². The van der Waals surface area contributed by atoms with Crippen molar-refractivity contribution in [2.75, 3.05) is 12.3 Å². The number of aromatic amines is 1. The Bertz CT molecular complexity index is 634. The second-order valence-electron chi connectivity index (χ2n) is 4.25. The Labute approximate surface area is 101 Å². The SMILES string of the molecule is Nc1nc2c(ncn2C2CC[C@H](CO)O2)c(=O)[nH]1.